The number of unbranched alkanes of at least 4 members (excludes halogenated alkanes) is 2. The molecule has 0 aliphatic heterocycles. The smallest absolute Gasteiger partial charge is 0.287 e. The second kappa shape index (κ2) is 6.75. The lowest BCUT2D eigenvalue weighted by Gasteiger charge is -2.04. The van der Waals surface area contributed by atoms with Crippen molar-refractivity contribution in [1.82, 2.24) is 9.88 Å². The standard InChI is InChI=1S/C11H17N3O4/c1-13-8-9(14(17)18)7-10(13)11(16)12-5-3-2-4-6-15/h7-8,15H,2-6H2,1H3,(H,12,16). The molecule has 0 aromatic carbocycles. The summed E-state index contributed by atoms with van der Waals surface area (Å²) in [5.74, 6) is -0.324. The fourth-order valence-electron chi connectivity index (χ4n) is 1.58. The van der Waals surface area contributed by atoms with Gasteiger partial charge in [-0.3, -0.25) is 14.9 Å². The summed E-state index contributed by atoms with van der Waals surface area (Å²) < 4.78 is 1.43. The number of aliphatic hydroxyl groups excluding tert-OH is 1. The highest BCUT2D eigenvalue weighted by Crippen LogP contribution is 2.14. The van der Waals surface area contributed by atoms with E-state index in [1.54, 1.807) is 7.05 Å². The van der Waals surface area contributed by atoms with E-state index in [0.717, 1.165) is 12.8 Å². The highest BCUT2D eigenvalue weighted by atomic mass is 16.6. The van der Waals surface area contributed by atoms with E-state index in [2.05, 4.69) is 5.32 Å². The zero-order chi connectivity index (χ0) is 13.5. The second-order valence-electron chi connectivity index (χ2n) is 3.99. The first kappa shape index (κ1) is 14.2. The Morgan fingerprint density at radius 2 is 2.22 bits per heavy atom. The lowest BCUT2D eigenvalue weighted by Crippen LogP contribution is -2.26. The number of nitrogens with one attached hydrogen (secondary N) is 1. The topological polar surface area (TPSA) is 97.4 Å². The second-order valence-corrected chi connectivity index (χ2v) is 3.99. The van der Waals surface area contributed by atoms with E-state index < -0.39 is 4.92 Å². The van der Waals surface area contributed by atoms with Gasteiger partial charge in [0.25, 0.3) is 11.6 Å². The monoisotopic (exact) mass is 255 g/mol. The van der Waals surface area contributed by atoms with Gasteiger partial charge in [-0.2, -0.15) is 0 Å². The molecule has 100 valence electrons. The molecule has 7 nitrogen and oxygen atoms in total. The predicted octanol–water partition coefficient (Wildman–Crippen LogP) is 0.826. The van der Waals surface area contributed by atoms with E-state index in [1.807, 2.05) is 0 Å². The van der Waals surface area contributed by atoms with Crippen LogP contribution in [0, 0.1) is 10.1 Å². The molecule has 0 saturated carbocycles. The molecule has 0 unspecified atom stereocenters. The van der Waals surface area contributed by atoms with E-state index >= 15 is 0 Å². The highest BCUT2D eigenvalue weighted by molar-refractivity contribution is 5.93. The third-order valence-electron chi connectivity index (χ3n) is 2.55. The number of carbonyl (C=O) groups excluding carboxylic acids is 1. The van der Waals surface area contributed by atoms with Crippen LogP contribution in [0.15, 0.2) is 12.3 Å². The average molecular weight is 255 g/mol. The molecule has 1 aromatic heterocycles. The molecular weight excluding hydrogens is 238 g/mol. The van der Waals surface area contributed by atoms with Crippen molar-refractivity contribution < 1.29 is 14.8 Å². The van der Waals surface area contributed by atoms with Gasteiger partial charge < -0.3 is 15.0 Å². The molecule has 1 amide bonds. The Hall–Kier alpha value is -1.89. The van der Waals surface area contributed by atoms with Crippen LogP contribution < -0.4 is 5.32 Å². The normalized spacial score (nSPS) is 10.3. The van der Waals surface area contributed by atoms with Gasteiger partial charge in [0.05, 0.1) is 11.1 Å². The minimum Gasteiger partial charge on any atom is -0.396 e. The van der Waals surface area contributed by atoms with Gasteiger partial charge in [0.1, 0.15) is 5.69 Å². The summed E-state index contributed by atoms with van der Waals surface area (Å²) in [4.78, 5) is 21.8. The Bertz CT molecular complexity index is 428. The molecule has 1 heterocycles. The third-order valence-corrected chi connectivity index (χ3v) is 2.55. The van der Waals surface area contributed by atoms with Gasteiger partial charge in [-0.15, -0.1) is 0 Å². The molecule has 2 N–H and O–H groups in total. The minimum absolute atomic E-state index is 0.0945. The number of amides is 1. The van der Waals surface area contributed by atoms with Crippen LogP contribution in [-0.4, -0.2) is 33.7 Å². The summed E-state index contributed by atoms with van der Waals surface area (Å²) >= 11 is 0. The Morgan fingerprint density at radius 1 is 1.50 bits per heavy atom. The zero-order valence-corrected chi connectivity index (χ0v) is 10.3. The van der Waals surface area contributed by atoms with E-state index in [9.17, 15) is 14.9 Å². The molecule has 0 spiro atoms. The first-order valence-corrected chi connectivity index (χ1v) is 5.76. The number of hydrogen-bond acceptors (Lipinski definition) is 4. The Kier molecular flexibility index (Phi) is 5.31. The molecule has 18 heavy (non-hydrogen) atoms. The van der Waals surface area contributed by atoms with Gasteiger partial charge in [0.2, 0.25) is 0 Å². The molecule has 0 fully saturated rings. The van der Waals surface area contributed by atoms with Crippen LogP contribution in [0.2, 0.25) is 0 Å². The van der Waals surface area contributed by atoms with Crippen molar-refractivity contribution in [2.24, 2.45) is 7.05 Å². The summed E-state index contributed by atoms with van der Waals surface area (Å²) in [6.45, 7) is 0.649. The molecule has 0 radical (unpaired) electrons. The van der Waals surface area contributed by atoms with Crippen molar-refractivity contribution in [3.8, 4) is 0 Å². The number of hydrogen-bond donors (Lipinski definition) is 2. The average Bonchev–Trinajstić information content (AvgIpc) is 2.71. The molecule has 0 saturated heterocycles. The van der Waals surface area contributed by atoms with Gasteiger partial charge in [0, 0.05) is 26.3 Å². The van der Waals surface area contributed by atoms with E-state index in [4.69, 9.17) is 5.11 Å². The Labute approximate surface area is 105 Å². The van der Waals surface area contributed by atoms with Crippen molar-refractivity contribution in [2.45, 2.75) is 19.3 Å². The lowest BCUT2D eigenvalue weighted by molar-refractivity contribution is -0.384. The van der Waals surface area contributed by atoms with Crippen LogP contribution in [0.4, 0.5) is 5.69 Å². The minimum atomic E-state index is -0.530. The summed E-state index contributed by atoms with van der Waals surface area (Å²) in [6, 6.07) is 1.25. The van der Waals surface area contributed by atoms with E-state index in [0.29, 0.717) is 13.0 Å². The Morgan fingerprint density at radius 3 is 2.78 bits per heavy atom. The van der Waals surface area contributed by atoms with Crippen molar-refractivity contribution in [3.05, 3.63) is 28.1 Å². The fraction of sp³-hybridized carbons (Fsp3) is 0.545. The number of aliphatic hydroxyl groups is 1. The van der Waals surface area contributed by atoms with Gasteiger partial charge in [-0.05, 0) is 19.3 Å². The molecular formula is C11H17N3O4. The van der Waals surface area contributed by atoms with Crippen molar-refractivity contribution in [2.75, 3.05) is 13.2 Å². The number of nitro groups is 1. The number of carbonyl (C=O) groups is 1. The number of aromatic nitrogens is 1. The summed E-state index contributed by atoms with van der Waals surface area (Å²) in [5, 5.41) is 21.8. The Balaban J connectivity index is 2.48. The molecule has 1 rings (SSSR count). The van der Waals surface area contributed by atoms with Crippen LogP contribution in [0.3, 0.4) is 0 Å². The molecule has 0 atom stereocenters. The van der Waals surface area contributed by atoms with Gasteiger partial charge in [0.15, 0.2) is 0 Å². The van der Waals surface area contributed by atoms with Crippen LogP contribution in [0.5, 0.6) is 0 Å². The molecule has 0 aliphatic rings. The zero-order valence-electron chi connectivity index (χ0n) is 10.3. The van der Waals surface area contributed by atoms with Crippen LogP contribution in [-0.2, 0) is 7.05 Å². The largest absolute Gasteiger partial charge is 0.396 e. The van der Waals surface area contributed by atoms with Crippen LogP contribution >= 0.6 is 0 Å². The van der Waals surface area contributed by atoms with Gasteiger partial charge >= 0.3 is 0 Å². The maximum absolute atomic E-state index is 11.7. The number of rotatable bonds is 7. The predicted molar refractivity (Wildman–Crippen MR) is 65.3 cm³/mol. The molecule has 0 aliphatic carbocycles. The van der Waals surface area contributed by atoms with Gasteiger partial charge in [-0.1, -0.05) is 0 Å². The van der Waals surface area contributed by atoms with Crippen LogP contribution in [0.1, 0.15) is 29.8 Å². The van der Waals surface area contributed by atoms with Crippen LogP contribution in [0.25, 0.3) is 0 Å². The van der Waals surface area contributed by atoms with Crippen molar-refractivity contribution in [3.63, 3.8) is 0 Å². The molecule has 0 bridgehead atoms. The van der Waals surface area contributed by atoms with Crippen molar-refractivity contribution in [1.29, 1.82) is 0 Å². The summed E-state index contributed by atoms with van der Waals surface area (Å²) in [5.41, 5.74) is 0.173. The van der Waals surface area contributed by atoms with E-state index in [-0.39, 0.29) is 23.9 Å². The van der Waals surface area contributed by atoms with E-state index in [1.165, 1.54) is 16.8 Å². The molecule has 7 heteroatoms. The maximum atomic E-state index is 11.7. The SMILES string of the molecule is Cn1cc([N+](=O)[O-])cc1C(=O)NCCCCCO. The maximum Gasteiger partial charge on any atom is 0.287 e. The molecule has 1 aromatic rings. The number of aryl methyl sites for hydroxylation is 1. The third kappa shape index (κ3) is 3.85. The lowest BCUT2D eigenvalue weighted by atomic mass is 10.2. The van der Waals surface area contributed by atoms with Gasteiger partial charge in [-0.25, -0.2) is 0 Å². The fourth-order valence-corrected chi connectivity index (χ4v) is 1.58. The number of nitrogens with zero attached hydrogens (tertiary/aromatic N) is 2. The van der Waals surface area contributed by atoms with Crippen molar-refractivity contribution >= 4 is 11.6 Å². The first-order chi connectivity index (χ1) is 8.56. The first-order valence-electron chi connectivity index (χ1n) is 5.76. The highest BCUT2D eigenvalue weighted by Gasteiger charge is 2.16. The quantitative estimate of drug-likeness (QED) is 0.428. The summed E-state index contributed by atoms with van der Waals surface area (Å²) in [6.07, 6.45) is 3.63. The summed E-state index contributed by atoms with van der Waals surface area (Å²) in [7, 11) is 1.59.